The van der Waals surface area contributed by atoms with Crippen LogP contribution in [-0.4, -0.2) is 40.7 Å². The fraction of sp³-hybridized carbons (Fsp3) is 0.833. The van der Waals surface area contributed by atoms with Crippen molar-refractivity contribution in [3.05, 3.63) is 0 Å². The summed E-state index contributed by atoms with van der Waals surface area (Å²) in [7, 11) is 0. The number of thiol groups is 1. The standard InChI is InChI=1S/C12H23N3O2S/c1-8-5-4-6-9(2)15(8)14-12(17)11(7-18)13-10(3)16/h8-9,11,18H,4-7H2,1-3H3,(H,13,16)(H,14,17). The maximum absolute atomic E-state index is 12.1. The van der Waals surface area contributed by atoms with Gasteiger partial charge in [-0.05, 0) is 26.7 Å². The number of amides is 2. The van der Waals surface area contributed by atoms with Crippen LogP contribution in [0.1, 0.15) is 40.0 Å². The molecule has 2 N–H and O–H groups in total. The third-order valence-electron chi connectivity index (χ3n) is 3.31. The second-order valence-electron chi connectivity index (χ2n) is 4.95. The number of nitrogens with one attached hydrogen (secondary N) is 2. The molecule has 0 saturated carbocycles. The topological polar surface area (TPSA) is 61.4 Å². The van der Waals surface area contributed by atoms with E-state index in [-0.39, 0.29) is 11.8 Å². The van der Waals surface area contributed by atoms with Crippen molar-refractivity contribution in [2.45, 2.75) is 58.2 Å². The molecule has 0 aromatic rings. The molecule has 1 saturated heterocycles. The molecular weight excluding hydrogens is 250 g/mol. The summed E-state index contributed by atoms with van der Waals surface area (Å²) in [5.74, 6) is -0.119. The smallest absolute Gasteiger partial charge is 0.257 e. The second kappa shape index (κ2) is 6.99. The van der Waals surface area contributed by atoms with Crippen LogP contribution >= 0.6 is 12.6 Å². The molecule has 1 aliphatic rings. The first-order chi connectivity index (χ1) is 8.45. The Morgan fingerprint density at radius 3 is 2.33 bits per heavy atom. The SMILES string of the molecule is CC(=O)NC(CS)C(=O)NN1C(C)CCCC1C. The maximum atomic E-state index is 12.1. The van der Waals surface area contributed by atoms with Gasteiger partial charge in [-0.2, -0.15) is 12.6 Å². The van der Waals surface area contributed by atoms with E-state index >= 15 is 0 Å². The average molecular weight is 273 g/mol. The molecule has 6 heteroatoms. The van der Waals surface area contributed by atoms with Crippen molar-refractivity contribution in [2.24, 2.45) is 0 Å². The van der Waals surface area contributed by atoms with Gasteiger partial charge in [0.15, 0.2) is 0 Å². The predicted octanol–water partition coefficient (Wildman–Crippen LogP) is 0.715. The summed E-state index contributed by atoms with van der Waals surface area (Å²) in [5.41, 5.74) is 2.91. The molecular formula is C12H23N3O2S. The van der Waals surface area contributed by atoms with E-state index in [9.17, 15) is 9.59 Å². The van der Waals surface area contributed by atoms with Crippen molar-refractivity contribution in [3.8, 4) is 0 Å². The molecule has 0 aromatic heterocycles. The minimum absolute atomic E-state index is 0.194. The van der Waals surface area contributed by atoms with E-state index < -0.39 is 6.04 Å². The number of nitrogens with zero attached hydrogens (tertiary/aromatic N) is 1. The number of rotatable bonds is 4. The number of carbonyl (C=O) groups is 2. The molecule has 1 fully saturated rings. The highest BCUT2D eigenvalue weighted by Gasteiger charge is 2.28. The Kier molecular flexibility index (Phi) is 5.95. The fourth-order valence-corrected chi connectivity index (χ4v) is 2.54. The van der Waals surface area contributed by atoms with Gasteiger partial charge in [0.1, 0.15) is 6.04 Å². The highest BCUT2D eigenvalue weighted by atomic mass is 32.1. The van der Waals surface area contributed by atoms with E-state index in [1.165, 1.54) is 13.3 Å². The Balaban J connectivity index is 2.58. The molecule has 1 heterocycles. The average Bonchev–Trinajstić information content (AvgIpc) is 2.30. The van der Waals surface area contributed by atoms with Crippen molar-refractivity contribution in [2.75, 3.05) is 5.75 Å². The number of hydrogen-bond acceptors (Lipinski definition) is 4. The summed E-state index contributed by atoms with van der Waals surface area (Å²) >= 11 is 4.10. The van der Waals surface area contributed by atoms with Crippen molar-refractivity contribution >= 4 is 24.4 Å². The molecule has 0 bridgehead atoms. The van der Waals surface area contributed by atoms with E-state index in [0.29, 0.717) is 17.8 Å². The first kappa shape index (κ1) is 15.3. The first-order valence-electron chi connectivity index (χ1n) is 6.42. The first-order valence-corrected chi connectivity index (χ1v) is 7.05. The predicted molar refractivity (Wildman–Crippen MR) is 74.2 cm³/mol. The van der Waals surface area contributed by atoms with Gasteiger partial charge in [-0.1, -0.05) is 6.42 Å². The van der Waals surface area contributed by atoms with Gasteiger partial charge in [0.05, 0.1) is 0 Å². The molecule has 0 radical (unpaired) electrons. The highest BCUT2D eigenvalue weighted by molar-refractivity contribution is 7.80. The lowest BCUT2D eigenvalue weighted by molar-refractivity contribution is -0.133. The van der Waals surface area contributed by atoms with Gasteiger partial charge in [-0.3, -0.25) is 15.0 Å². The molecule has 5 nitrogen and oxygen atoms in total. The van der Waals surface area contributed by atoms with E-state index in [2.05, 4.69) is 37.2 Å². The van der Waals surface area contributed by atoms with E-state index in [4.69, 9.17) is 0 Å². The van der Waals surface area contributed by atoms with Crippen molar-refractivity contribution in [1.29, 1.82) is 0 Å². The fourth-order valence-electron chi connectivity index (χ4n) is 2.29. The van der Waals surface area contributed by atoms with E-state index in [1.54, 1.807) is 0 Å². The summed E-state index contributed by atoms with van der Waals surface area (Å²) < 4.78 is 0. The summed E-state index contributed by atoms with van der Waals surface area (Å²) in [6.07, 6.45) is 3.35. The lowest BCUT2D eigenvalue weighted by atomic mass is 10.00. The van der Waals surface area contributed by atoms with E-state index in [1.807, 2.05) is 5.01 Å². The van der Waals surface area contributed by atoms with Crippen molar-refractivity contribution in [1.82, 2.24) is 15.8 Å². The number of carbonyl (C=O) groups excluding carboxylic acids is 2. The Morgan fingerprint density at radius 1 is 1.33 bits per heavy atom. The summed E-state index contributed by atoms with van der Waals surface area (Å²) in [6.45, 7) is 5.60. The summed E-state index contributed by atoms with van der Waals surface area (Å²) in [5, 5.41) is 4.58. The van der Waals surface area contributed by atoms with Crippen molar-refractivity contribution in [3.63, 3.8) is 0 Å². The molecule has 0 aliphatic carbocycles. The third-order valence-corrected chi connectivity index (χ3v) is 3.67. The molecule has 0 spiro atoms. The summed E-state index contributed by atoms with van der Waals surface area (Å²) in [4.78, 5) is 23.1. The second-order valence-corrected chi connectivity index (χ2v) is 5.31. The Morgan fingerprint density at radius 2 is 1.89 bits per heavy atom. The molecule has 2 amide bonds. The van der Waals surface area contributed by atoms with Crippen LogP contribution < -0.4 is 10.7 Å². The molecule has 18 heavy (non-hydrogen) atoms. The molecule has 1 aliphatic heterocycles. The highest BCUT2D eigenvalue weighted by Crippen LogP contribution is 2.20. The van der Waals surface area contributed by atoms with Crippen LogP contribution in [0.3, 0.4) is 0 Å². The zero-order chi connectivity index (χ0) is 13.7. The van der Waals surface area contributed by atoms with Crippen LogP contribution in [0.4, 0.5) is 0 Å². The quantitative estimate of drug-likeness (QED) is 0.661. The maximum Gasteiger partial charge on any atom is 0.257 e. The van der Waals surface area contributed by atoms with Gasteiger partial charge in [0, 0.05) is 24.8 Å². The van der Waals surface area contributed by atoms with Crippen LogP contribution in [-0.2, 0) is 9.59 Å². The van der Waals surface area contributed by atoms with Crippen LogP contribution in [0.2, 0.25) is 0 Å². The minimum Gasteiger partial charge on any atom is -0.344 e. The van der Waals surface area contributed by atoms with Gasteiger partial charge >= 0.3 is 0 Å². The minimum atomic E-state index is -0.577. The van der Waals surface area contributed by atoms with E-state index in [0.717, 1.165) is 12.8 Å². The van der Waals surface area contributed by atoms with Crippen LogP contribution in [0, 0.1) is 0 Å². The Hall–Kier alpha value is -0.750. The molecule has 3 atom stereocenters. The molecule has 104 valence electrons. The van der Waals surface area contributed by atoms with Gasteiger partial charge < -0.3 is 5.32 Å². The molecule has 1 rings (SSSR count). The monoisotopic (exact) mass is 273 g/mol. The zero-order valence-electron chi connectivity index (χ0n) is 11.3. The Labute approximate surface area is 114 Å². The van der Waals surface area contributed by atoms with Gasteiger partial charge in [-0.25, -0.2) is 5.01 Å². The zero-order valence-corrected chi connectivity index (χ0v) is 12.2. The normalized spacial score (nSPS) is 26.4. The summed E-state index contributed by atoms with van der Waals surface area (Å²) in [6, 6.07) is 0.0818. The largest absolute Gasteiger partial charge is 0.344 e. The number of hydrogen-bond donors (Lipinski definition) is 3. The lowest BCUT2D eigenvalue weighted by Gasteiger charge is -2.39. The van der Waals surface area contributed by atoms with Gasteiger partial charge in [-0.15, -0.1) is 0 Å². The molecule has 3 unspecified atom stereocenters. The van der Waals surface area contributed by atoms with Crippen LogP contribution in [0.5, 0.6) is 0 Å². The van der Waals surface area contributed by atoms with Crippen LogP contribution in [0.25, 0.3) is 0 Å². The molecule has 0 aromatic carbocycles. The lowest BCUT2D eigenvalue weighted by Crippen LogP contribution is -2.59. The van der Waals surface area contributed by atoms with Crippen molar-refractivity contribution < 1.29 is 9.59 Å². The van der Waals surface area contributed by atoms with Gasteiger partial charge in [0.25, 0.3) is 5.91 Å². The number of piperidine rings is 1. The van der Waals surface area contributed by atoms with Gasteiger partial charge in [0.2, 0.25) is 5.91 Å². The third kappa shape index (κ3) is 4.17. The number of hydrazine groups is 1. The Bertz CT molecular complexity index is 302. The van der Waals surface area contributed by atoms with Crippen LogP contribution in [0.15, 0.2) is 0 Å².